The molecule has 2 aliphatic rings. The van der Waals surface area contributed by atoms with Crippen LogP contribution in [0.4, 0.5) is 0 Å². The average Bonchev–Trinajstić information content (AvgIpc) is 2.88. The fraction of sp³-hybridized carbons (Fsp3) is 1.00. The average molecular weight is 270 g/mol. The Kier molecular flexibility index (Phi) is 6.07. The third-order valence-electron chi connectivity index (χ3n) is 4.70. The lowest BCUT2D eigenvalue weighted by Crippen LogP contribution is -2.44. The van der Waals surface area contributed by atoms with Crippen molar-refractivity contribution >= 4 is 0 Å². The number of methoxy groups -OCH3 is 2. The highest BCUT2D eigenvalue weighted by atomic mass is 16.5. The van der Waals surface area contributed by atoms with E-state index in [0.717, 1.165) is 19.6 Å². The second-order valence-electron chi connectivity index (χ2n) is 5.97. The van der Waals surface area contributed by atoms with E-state index in [9.17, 15) is 0 Å². The summed E-state index contributed by atoms with van der Waals surface area (Å²) in [6, 6.07) is 1.42. The van der Waals surface area contributed by atoms with Crippen molar-refractivity contribution in [1.29, 1.82) is 0 Å². The largest absolute Gasteiger partial charge is 0.377 e. The first-order valence-corrected chi connectivity index (χ1v) is 7.81. The van der Waals surface area contributed by atoms with E-state index in [0.29, 0.717) is 12.1 Å². The molecule has 1 N–H and O–H groups in total. The van der Waals surface area contributed by atoms with E-state index in [1.54, 1.807) is 14.2 Å². The number of hydrogen-bond acceptors (Lipinski definition) is 4. The standard InChI is InChI=1S/C15H30N2O2/c1-4-8-16-12-6-5-7-13(9-12)17-10-14(18-2)15(11-17)19-3/h12-16H,4-11H2,1-3H3. The van der Waals surface area contributed by atoms with Gasteiger partial charge in [-0.15, -0.1) is 0 Å². The van der Waals surface area contributed by atoms with Gasteiger partial charge < -0.3 is 14.8 Å². The number of nitrogens with zero attached hydrogens (tertiary/aromatic N) is 1. The molecule has 0 bridgehead atoms. The summed E-state index contributed by atoms with van der Waals surface area (Å²) in [5.41, 5.74) is 0. The highest BCUT2D eigenvalue weighted by Gasteiger charge is 2.37. The molecule has 1 aliphatic heterocycles. The number of hydrogen-bond donors (Lipinski definition) is 1. The highest BCUT2D eigenvalue weighted by Crippen LogP contribution is 2.27. The van der Waals surface area contributed by atoms with Crippen LogP contribution in [0.3, 0.4) is 0 Å². The minimum Gasteiger partial charge on any atom is -0.377 e. The predicted molar refractivity (Wildman–Crippen MR) is 77.5 cm³/mol. The van der Waals surface area contributed by atoms with E-state index in [-0.39, 0.29) is 12.2 Å². The second kappa shape index (κ2) is 7.58. The molecule has 112 valence electrons. The fourth-order valence-corrected chi connectivity index (χ4v) is 3.55. The van der Waals surface area contributed by atoms with Gasteiger partial charge in [0.25, 0.3) is 0 Å². The molecule has 0 amide bonds. The normalized spacial score (nSPS) is 36.8. The lowest BCUT2D eigenvalue weighted by atomic mass is 9.90. The smallest absolute Gasteiger partial charge is 0.0971 e. The van der Waals surface area contributed by atoms with Gasteiger partial charge in [-0.05, 0) is 32.2 Å². The van der Waals surface area contributed by atoms with Crippen LogP contribution in [-0.4, -0.2) is 63.0 Å². The Labute approximate surface area is 117 Å². The molecule has 2 rings (SSSR count). The van der Waals surface area contributed by atoms with Crippen LogP contribution in [0.15, 0.2) is 0 Å². The van der Waals surface area contributed by atoms with Crippen molar-refractivity contribution in [1.82, 2.24) is 10.2 Å². The Bertz CT molecular complexity index is 251. The van der Waals surface area contributed by atoms with Crippen molar-refractivity contribution in [3.63, 3.8) is 0 Å². The van der Waals surface area contributed by atoms with Gasteiger partial charge in [0.1, 0.15) is 0 Å². The van der Waals surface area contributed by atoms with E-state index >= 15 is 0 Å². The van der Waals surface area contributed by atoms with E-state index in [1.165, 1.54) is 32.1 Å². The number of rotatable bonds is 6. The van der Waals surface area contributed by atoms with Gasteiger partial charge in [-0.3, -0.25) is 4.90 Å². The summed E-state index contributed by atoms with van der Waals surface area (Å²) in [4.78, 5) is 2.59. The molecule has 4 nitrogen and oxygen atoms in total. The Morgan fingerprint density at radius 2 is 1.79 bits per heavy atom. The van der Waals surface area contributed by atoms with Gasteiger partial charge >= 0.3 is 0 Å². The van der Waals surface area contributed by atoms with Crippen molar-refractivity contribution in [2.45, 2.75) is 63.3 Å². The van der Waals surface area contributed by atoms with Crippen LogP contribution in [-0.2, 0) is 9.47 Å². The lowest BCUT2D eigenvalue weighted by molar-refractivity contribution is -0.00461. The third-order valence-corrected chi connectivity index (χ3v) is 4.70. The van der Waals surface area contributed by atoms with Crippen LogP contribution in [0.2, 0.25) is 0 Å². The molecule has 1 saturated carbocycles. The fourth-order valence-electron chi connectivity index (χ4n) is 3.55. The molecule has 4 heteroatoms. The molecule has 0 aromatic carbocycles. The zero-order chi connectivity index (χ0) is 13.7. The van der Waals surface area contributed by atoms with E-state index in [4.69, 9.17) is 9.47 Å². The zero-order valence-corrected chi connectivity index (χ0v) is 12.7. The maximum absolute atomic E-state index is 5.55. The van der Waals surface area contributed by atoms with Crippen molar-refractivity contribution in [3.8, 4) is 0 Å². The molecule has 0 aromatic rings. The van der Waals surface area contributed by atoms with E-state index in [1.807, 2.05) is 0 Å². The van der Waals surface area contributed by atoms with Crippen LogP contribution in [0.25, 0.3) is 0 Å². The number of likely N-dealkylation sites (tertiary alicyclic amines) is 1. The summed E-state index contributed by atoms with van der Waals surface area (Å²) < 4.78 is 11.1. The molecular weight excluding hydrogens is 240 g/mol. The molecule has 0 spiro atoms. The molecule has 1 aliphatic carbocycles. The van der Waals surface area contributed by atoms with Crippen molar-refractivity contribution in [2.75, 3.05) is 33.9 Å². The molecule has 2 fully saturated rings. The summed E-state index contributed by atoms with van der Waals surface area (Å²) >= 11 is 0. The van der Waals surface area contributed by atoms with Gasteiger partial charge in [-0.2, -0.15) is 0 Å². The quantitative estimate of drug-likeness (QED) is 0.795. The Hall–Kier alpha value is -0.160. The summed E-state index contributed by atoms with van der Waals surface area (Å²) in [5.74, 6) is 0. The molecule has 1 heterocycles. The summed E-state index contributed by atoms with van der Waals surface area (Å²) in [6.45, 7) is 5.44. The molecule has 19 heavy (non-hydrogen) atoms. The number of nitrogens with one attached hydrogen (secondary N) is 1. The topological polar surface area (TPSA) is 33.7 Å². The number of ether oxygens (including phenoxy) is 2. The third kappa shape index (κ3) is 3.91. The Morgan fingerprint density at radius 1 is 1.11 bits per heavy atom. The molecule has 4 unspecified atom stereocenters. The summed E-state index contributed by atoms with van der Waals surface area (Å²) in [5, 5.41) is 3.69. The van der Waals surface area contributed by atoms with Gasteiger partial charge in [0.15, 0.2) is 0 Å². The minimum absolute atomic E-state index is 0.244. The van der Waals surface area contributed by atoms with Gasteiger partial charge in [0.2, 0.25) is 0 Å². The Morgan fingerprint density at radius 3 is 2.37 bits per heavy atom. The summed E-state index contributed by atoms with van der Waals surface area (Å²) in [7, 11) is 3.60. The van der Waals surface area contributed by atoms with Crippen molar-refractivity contribution in [3.05, 3.63) is 0 Å². The maximum atomic E-state index is 5.55. The van der Waals surface area contributed by atoms with Crippen LogP contribution < -0.4 is 5.32 Å². The molecule has 0 radical (unpaired) electrons. The molecule has 1 saturated heterocycles. The molecular formula is C15H30N2O2. The first kappa shape index (κ1) is 15.2. The van der Waals surface area contributed by atoms with Gasteiger partial charge in [0.05, 0.1) is 12.2 Å². The van der Waals surface area contributed by atoms with Gasteiger partial charge in [0, 0.05) is 39.4 Å². The maximum Gasteiger partial charge on any atom is 0.0971 e. The monoisotopic (exact) mass is 270 g/mol. The van der Waals surface area contributed by atoms with E-state index in [2.05, 4.69) is 17.1 Å². The van der Waals surface area contributed by atoms with Gasteiger partial charge in [-0.1, -0.05) is 13.3 Å². The van der Waals surface area contributed by atoms with Crippen LogP contribution in [0.5, 0.6) is 0 Å². The molecule has 4 atom stereocenters. The van der Waals surface area contributed by atoms with E-state index < -0.39 is 0 Å². The second-order valence-corrected chi connectivity index (χ2v) is 5.97. The minimum atomic E-state index is 0.244. The van der Waals surface area contributed by atoms with Crippen LogP contribution in [0, 0.1) is 0 Å². The first-order chi connectivity index (χ1) is 9.28. The Balaban J connectivity index is 1.84. The summed E-state index contributed by atoms with van der Waals surface area (Å²) in [6.07, 6.45) is 7.01. The lowest BCUT2D eigenvalue weighted by Gasteiger charge is -2.35. The first-order valence-electron chi connectivity index (χ1n) is 7.81. The van der Waals surface area contributed by atoms with Gasteiger partial charge in [-0.25, -0.2) is 0 Å². The molecule has 0 aromatic heterocycles. The SMILES string of the molecule is CCCNC1CCCC(N2CC(OC)C(OC)C2)C1. The van der Waals surface area contributed by atoms with Crippen LogP contribution >= 0.6 is 0 Å². The zero-order valence-electron chi connectivity index (χ0n) is 12.7. The van der Waals surface area contributed by atoms with Crippen LogP contribution in [0.1, 0.15) is 39.0 Å². The highest BCUT2D eigenvalue weighted by molar-refractivity contribution is 4.92. The van der Waals surface area contributed by atoms with Crippen molar-refractivity contribution in [2.24, 2.45) is 0 Å². The predicted octanol–water partition coefficient (Wildman–Crippen LogP) is 1.64. The van der Waals surface area contributed by atoms with Crippen molar-refractivity contribution < 1.29 is 9.47 Å².